The minimum absolute atomic E-state index is 0.0145. The zero-order chi connectivity index (χ0) is 29.0. The average molecular weight is 549 g/mol. The molecule has 10 nitrogen and oxygen atoms in total. The van der Waals surface area contributed by atoms with Gasteiger partial charge < -0.3 is 16.2 Å². The van der Waals surface area contributed by atoms with Gasteiger partial charge in [-0.25, -0.2) is 14.6 Å². The molecule has 2 heterocycles. The number of carbonyl (C=O) groups is 1. The van der Waals surface area contributed by atoms with E-state index in [0.29, 0.717) is 47.0 Å². The van der Waals surface area contributed by atoms with E-state index in [9.17, 15) is 9.90 Å². The summed E-state index contributed by atoms with van der Waals surface area (Å²) >= 11 is 0. The molecule has 2 aromatic heterocycles. The van der Waals surface area contributed by atoms with Crippen LogP contribution in [0.2, 0.25) is 0 Å². The highest BCUT2D eigenvalue weighted by molar-refractivity contribution is 6.05. The maximum atomic E-state index is 13.1. The van der Waals surface area contributed by atoms with E-state index >= 15 is 0 Å². The summed E-state index contributed by atoms with van der Waals surface area (Å²) in [4.78, 5) is 30.4. The molecule has 0 spiro atoms. The lowest BCUT2D eigenvalue weighted by atomic mass is 9.86. The summed E-state index contributed by atoms with van der Waals surface area (Å²) in [7, 11) is 0. The summed E-state index contributed by atoms with van der Waals surface area (Å²) in [6.07, 6.45) is 3.61. The van der Waals surface area contributed by atoms with Crippen molar-refractivity contribution in [1.29, 1.82) is 0 Å². The van der Waals surface area contributed by atoms with Crippen molar-refractivity contribution in [3.05, 3.63) is 113 Å². The Morgan fingerprint density at radius 3 is 2.44 bits per heavy atom. The zero-order valence-corrected chi connectivity index (χ0v) is 23.2. The molecule has 0 aliphatic carbocycles. The number of aliphatic hydroxyl groups is 1. The lowest BCUT2D eigenvalue weighted by Crippen LogP contribution is -2.15. The molecule has 208 valence electrons. The highest BCUT2D eigenvalue weighted by Crippen LogP contribution is 2.29. The molecular formula is C31H32N8O2. The van der Waals surface area contributed by atoms with Crippen LogP contribution in [0, 0.1) is 0 Å². The SMILES string of the molecule is CC(C)(C)c1ccc(C(=O)Nc2cccc(-c3nc(N)nc(Cc4cccc(Cn5cncn5)c4)n3)c2CO)cc1. The van der Waals surface area contributed by atoms with E-state index in [4.69, 9.17) is 5.73 Å². The van der Waals surface area contributed by atoms with Crippen molar-refractivity contribution < 1.29 is 9.90 Å². The maximum absolute atomic E-state index is 13.1. The lowest BCUT2D eigenvalue weighted by molar-refractivity contribution is 0.102. The van der Waals surface area contributed by atoms with Gasteiger partial charge in [-0.3, -0.25) is 4.79 Å². The van der Waals surface area contributed by atoms with Crippen LogP contribution in [0.4, 0.5) is 11.6 Å². The first-order chi connectivity index (χ1) is 19.7. The molecule has 5 aromatic rings. The van der Waals surface area contributed by atoms with E-state index in [1.807, 2.05) is 30.3 Å². The predicted molar refractivity (Wildman–Crippen MR) is 157 cm³/mol. The molecular weight excluding hydrogens is 516 g/mol. The highest BCUT2D eigenvalue weighted by Gasteiger charge is 2.18. The molecule has 3 aromatic carbocycles. The van der Waals surface area contributed by atoms with Crippen molar-refractivity contribution >= 4 is 17.5 Å². The molecule has 0 saturated carbocycles. The fraction of sp³-hybridized carbons (Fsp3) is 0.226. The number of nitrogens with zero attached hydrogens (tertiary/aromatic N) is 6. The molecule has 41 heavy (non-hydrogen) atoms. The van der Waals surface area contributed by atoms with E-state index < -0.39 is 0 Å². The Morgan fingerprint density at radius 2 is 1.73 bits per heavy atom. The number of benzene rings is 3. The molecule has 0 unspecified atom stereocenters. The van der Waals surface area contributed by atoms with Gasteiger partial charge in [-0.2, -0.15) is 15.1 Å². The second-order valence-electron chi connectivity index (χ2n) is 10.8. The molecule has 5 rings (SSSR count). The van der Waals surface area contributed by atoms with Crippen molar-refractivity contribution in [3.8, 4) is 11.4 Å². The quantitative estimate of drug-likeness (QED) is 0.259. The number of anilines is 2. The highest BCUT2D eigenvalue weighted by atomic mass is 16.3. The van der Waals surface area contributed by atoms with Crippen molar-refractivity contribution in [2.75, 3.05) is 11.1 Å². The summed E-state index contributed by atoms with van der Waals surface area (Å²) in [5, 5.41) is 17.4. The van der Waals surface area contributed by atoms with Gasteiger partial charge in [-0.05, 0) is 40.3 Å². The number of nitrogen functional groups attached to an aromatic ring is 1. The first-order valence-corrected chi connectivity index (χ1v) is 13.3. The topological polar surface area (TPSA) is 145 Å². The summed E-state index contributed by atoms with van der Waals surface area (Å²) < 4.78 is 1.75. The normalized spacial score (nSPS) is 11.4. The van der Waals surface area contributed by atoms with Crippen LogP contribution in [0.5, 0.6) is 0 Å². The van der Waals surface area contributed by atoms with Crippen molar-refractivity contribution in [2.24, 2.45) is 0 Å². The van der Waals surface area contributed by atoms with Crippen LogP contribution >= 0.6 is 0 Å². The van der Waals surface area contributed by atoms with Crippen LogP contribution in [0.15, 0.2) is 79.4 Å². The Labute approximate surface area is 238 Å². The largest absolute Gasteiger partial charge is 0.392 e. The summed E-state index contributed by atoms with van der Waals surface area (Å²) in [5.41, 5.74) is 11.3. The molecule has 0 aliphatic rings. The number of hydrogen-bond acceptors (Lipinski definition) is 8. The standard InChI is InChI=1S/C31H32N8O2/c1-31(2,3)23-12-10-22(11-13-23)29(41)35-26-9-5-8-24(25(26)17-40)28-36-27(37-30(32)38-28)15-20-6-4-7-21(14-20)16-39-19-33-18-34-39/h4-14,18-19,40H,15-17H2,1-3H3,(H,35,41)(H2,32,36,37,38). The first-order valence-electron chi connectivity index (χ1n) is 13.3. The molecule has 0 atom stereocenters. The van der Waals surface area contributed by atoms with Crippen molar-refractivity contribution in [1.82, 2.24) is 29.7 Å². The molecule has 0 saturated heterocycles. The maximum Gasteiger partial charge on any atom is 0.255 e. The molecule has 0 bridgehead atoms. The minimum atomic E-state index is -0.333. The summed E-state index contributed by atoms with van der Waals surface area (Å²) in [6.45, 7) is 6.63. The van der Waals surface area contributed by atoms with Gasteiger partial charge in [-0.1, -0.05) is 69.3 Å². The molecule has 0 aliphatic heterocycles. The number of hydrogen-bond donors (Lipinski definition) is 3. The van der Waals surface area contributed by atoms with Crippen molar-refractivity contribution in [2.45, 2.75) is 45.8 Å². The van der Waals surface area contributed by atoms with E-state index in [1.165, 1.54) is 6.33 Å². The molecule has 1 amide bonds. The number of rotatable bonds is 8. The van der Waals surface area contributed by atoms with Crippen LogP contribution in [0.3, 0.4) is 0 Å². The second-order valence-corrected chi connectivity index (χ2v) is 10.8. The van der Waals surface area contributed by atoms with E-state index in [1.54, 1.807) is 41.3 Å². The van der Waals surface area contributed by atoms with Gasteiger partial charge >= 0.3 is 0 Å². The Morgan fingerprint density at radius 1 is 0.976 bits per heavy atom. The van der Waals surface area contributed by atoms with Crippen molar-refractivity contribution in [3.63, 3.8) is 0 Å². The fourth-order valence-corrected chi connectivity index (χ4v) is 4.56. The number of aliphatic hydroxyl groups excluding tert-OH is 1. The first kappa shape index (κ1) is 27.6. The number of aromatic nitrogens is 6. The number of nitrogens with two attached hydrogens (primary N) is 1. The Balaban J connectivity index is 1.39. The van der Waals surface area contributed by atoms with Crippen LogP contribution in [0.1, 0.15) is 59.2 Å². The molecule has 0 fully saturated rings. The van der Waals surface area contributed by atoms with Gasteiger partial charge in [0.2, 0.25) is 5.95 Å². The Bertz CT molecular complexity index is 1660. The smallest absolute Gasteiger partial charge is 0.255 e. The third-order valence-electron chi connectivity index (χ3n) is 6.70. The van der Waals surface area contributed by atoms with Crippen LogP contribution in [-0.4, -0.2) is 40.7 Å². The van der Waals surface area contributed by atoms with E-state index in [0.717, 1.165) is 16.7 Å². The van der Waals surface area contributed by atoms with Gasteiger partial charge in [0.05, 0.1) is 13.2 Å². The fourth-order valence-electron chi connectivity index (χ4n) is 4.56. The number of carbonyl (C=O) groups excluding carboxylic acids is 1. The lowest BCUT2D eigenvalue weighted by Gasteiger charge is -2.19. The monoisotopic (exact) mass is 548 g/mol. The third kappa shape index (κ3) is 6.62. The van der Waals surface area contributed by atoms with Gasteiger partial charge in [-0.15, -0.1) is 0 Å². The van der Waals surface area contributed by atoms with Gasteiger partial charge in [0.1, 0.15) is 18.5 Å². The van der Waals surface area contributed by atoms with E-state index in [2.05, 4.69) is 57.2 Å². The third-order valence-corrected chi connectivity index (χ3v) is 6.70. The molecule has 10 heteroatoms. The van der Waals surface area contributed by atoms with Gasteiger partial charge in [0, 0.05) is 28.8 Å². The molecule has 0 radical (unpaired) electrons. The van der Waals surface area contributed by atoms with Crippen LogP contribution in [0.25, 0.3) is 11.4 Å². The number of amides is 1. The Hall–Kier alpha value is -4.96. The number of nitrogens with one attached hydrogen (secondary N) is 1. The van der Waals surface area contributed by atoms with E-state index in [-0.39, 0.29) is 23.9 Å². The summed E-state index contributed by atoms with van der Waals surface area (Å²) in [5.74, 6) is 0.601. The van der Waals surface area contributed by atoms with Crippen LogP contribution in [-0.2, 0) is 25.0 Å². The molecule has 4 N–H and O–H groups in total. The average Bonchev–Trinajstić information content (AvgIpc) is 3.45. The Kier molecular flexibility index (Phi) is 7.84. The predicted octanol–water partition coefficient (Wildman–Crippen LogP) is 4.39. The second kappa shape index (κ2) is 11.6. The summed E-state index contributed by atoms with van der Waals surface area (Å²) in [6, 6.07) is 20.9. The zero-order valence-electron chi connectivity index (χ0n) is 23.2. The van der Waals surface area contributed by atoms with Gasteiger partial charge in [0.15, 0.2) is 5.82 Å². The van der Waals surface area contributed by atoms with Crippen LogP contribution < -0.4 is 11.1 Å². The van der Waals surface area contributed by atoms with Gasteiger partial charge in [0.25, 0.3) is 5.91 Å². The minimum Gasteiger partial charge on any atom is -0.392 e.